The number of aromatic nitrogens is 3. The van der Waals surface area contributed by atoms with E-state index in [1.165, 1.54) is 24.3 Å². The molecule has 0 aliphatic rings. The predicted molar refractivity (Wildman–Crippen MR) is 59.8 cm³/mol. The monoisotopic (exact) mass is 238 g/mol. The Labute approximate surface area is 95.9 Å². The van der Waals surface area contributed by atoms with Crippen LogP contribution in [-0.2, 0) is 0 Å². The van der Waals surface area contributed by atoms with Gasteiger partial charge in [-0.3, -0.25) is 0 Å². The Morgan fingerprint density at radius 2 is 2.13 bits per heavy atom. The van der Waals surface area contributed by atoms with Crippen LogP contribution in [0.15, 0.2) is 40.9 Å². The third kappa shape index (κ3) is 2.37. The number of nitrogens with two attached hydrogens (primary N) is 1. The van der Waals surface area contributed by atoms with Gasteiger partial charge in [-0.1, -0.05) is 11.6 Å². The highest BCUT2D eigenvalue weighted by Gasteiger charge is 2.07. The van der Waals surface area contributed by atoms with E-state index in [2.05, 4.69) is 15.0 Å². The van der Waals surface area contributed by atoms with Gasteiger partial charge in [-0.2, -0.15) is 0 Å². The van der Waals surface area contributed by atoms with E-state index in [4.69, 9.17) is 17.3 Å². The summed E-state index contributed by atoms with van der Waals surface area (Å²) in [5.41, 5.74) is 6.36. The fourth-order valence-electron chi connectivity index (χ4n) is 0.957. The Morgan fingerprint density at radius 1 is 1.27 bits per heavy atom. The molecule has 0 saturated carbocycles. The topological polar surface area (TPSA) is 64.7 Å². The lowest BCUT2D eigenvalue weighted by Gasteiger charge is -2.03. The lowest BCUT2D eigenvalue weighted by atomic mass is 10.4. The minimum atomic E-state index is 0.493. The van der Waals surface area contributed by atoms with Crippen LogP contribution in [0.3, 0.4) is 0 Å². The van der Waals surface area contributed by atoms with Gasteiger partial charge in [0.1, 0.15) is 16.4 Å². The van der Waals surface area contributed by atoms with Crippen LogP contribution in [-0.4, -0.2) is 15.0 Å². The second-order valence-corrected chi connectivity index (χ2v) is 4.06. The molecule has 15 heavy (non-hydrogen) atoms. The van der Waals surface area contributed by atoms with Crippen molar-refractivity contribution < 1.29 is 0 Å². The average molecular weight is 239 g/mol. The van der Waals surface area contributed by atoms with Gasteiger partial charge < -0.3 is 5.73 Å². The Bertz CT molecular complexity index is 434. The summed E-state index contributed by atoms with van der Waals surface area (Å²) in [6.45, 7) is 0. The molecule has 0 saturated heterocycles. The summed E-state index contributed by atoms with van der Waals surface area (Å²) in [6.07, 6.45) is 4.65. The molecule has 0 atom stereocenters. The number of hydrogen-bond acceptors (Lipinski definition) is 5. The molecular formula is C9H7ClN4S. The fourth-order valence-corrected chi connectivity index (χ4v) is 1.91. The molecule has 0 radical (unpaired) electrons. The van der Waals surface area contributed by atoms with Crippen molar-refractivity contribution in [2.24, 2.45) is 0 Å². The van der Waals surface area contributed by atoms with Crippen molar-refractivity contribution in [2.45, 2.75) is 10.1 Å². The van der Waals surface area contributed by atoms with E-state index in [1.54, 1.807) is 18.3 Å². The van der Waals surface area contributed by atoms with Gasteiger partial charge >= 0.3 is 0 Å². The normalized spacial score (nSPS) is 10.2. The zero-order valence-corrected chi connectivity index (χ0v) is 9.16. The molecule has 0 aliphatic carbocycles. The fraction of sp³-hybridized carbons (Fsp3) is 0. The maximum atomic E-state index is 5.91. The van der Waals surface area contributed by atoms with E-state index in [0.29, 0.717) is 20.8 Å². The zero-order valence-electron chi connectivity index (χ0n) is 7.59. The number of nitrogens with zero attached hydrogens (tertiary/aromatic N) is 3. The molecule has 2 heterocycles. The van der Waals surface area contributed by atoms with E-state index < -0.39 is 0 Å². The number of hydrogen-bond donors (Lipinski definition) is 1. The van der Waals surface area contributed by atoms with E-state index in [0.717, 1.165) is 0 Å². The van der Waals surface area contributed by atoms with Crippen LogP contribution in [0, 0.1) is 0 Å². The maximum Gasteiger partial charge on any atom is 0.125 e. The first-order valence-electron chi connectivity index (χ1n) is 4.11. The Kier molecular flexibility index (Phi) is 3.03. The van der Waals surface area contributed by atoms with Crippen molar-refractivity contribution in [3.05, 3.63) is 35.9 Å². The molecule has 2 aromatic heterocycles. The summed E-state index contributed by atoms with van der Waals surface area (Å²) in [5, 5.41) is 1.84. The summed E-state index contributed by atoms with van der Waals surface area (Å²) in [4.78, 5) is 12.0. The third-order valence-electron chi connectivity index (χ3n) is 1.63. The number of halogens is 1. The number of nitrogen functional groups attached to an aromatic ring is 1. The molecule has 0 aliphatic heterocycles. The number of pyridine rings is 1. The summed E-state index contributed by atoms with van der Waals surface area (Å²) in [7, 11) is 0. The van der Waals surface area contributed by atoms with Crippen LogP contribution >= 0.6 is 23.4 Å². The SMILES string of the molecule is Nc1cccnc1Sc1ncncc1Cl. The molecule has 2 aromatic rings. The standard InChI is InChI=1S/C9H7ClN4S/c10-6-4-12-5-14-8(6)15-9-7(11)2-1-3-13-9/h1-5H,11H2. The van der Waals surface area contributed by atoms with Crippen LogP contribution in [0.2, 0.25) is 5.02 Å². The van der Waals surface area contributed by atoms with Gasteiger partial charge in [0, 0.05) is 6.20 Å². The summed E-state index contributed by atoms with van der Waals surface area (Å²) in [6, 6.07) is 3.56. The van der Waals surface area contributed by atoms with Crippen LogP contribution in [0.5, 0.6) is 0 Å². The smallest absolute Gasteiger partial charge is 0.125 e. The van der Waals surface area contributed by atoms with E-state index in [1.807, 2.05) is 0 Å². The zero-order chi connectivity index (χ0) is 10.7. The third-order valence-corrected chi connectivity index (χ3v) is 3.07. The molecule has 0 fully saturated rings. The van der Waals surface area contributed by atoms with Crippen molar-refractivity contribution in [3.63, 3.8) is 0 Å². The van der Waals surface area contributed by atoms with Crippen molar-refractivity contribution in [1.82, 2.24) is 15.0 Å². The molecule has 4 nitrogen and oxygen atoms in total. The number of anilines is 1. The lowest BCUT2D eigenvalue weighted by molar-refractivity contribution is 1.04. The van der Waals surface area contributed by atoms with Crippen molar-refractivity contribution >= 4 is 29.1 Å². The van der Waals surface area contributed by atoms with Crippen molar-refractivity contribution in [3.8, 4) is 0 Å². The minimum absolute atomic E-state index is 0.493. The number of rotatable bonds is 2. The molecule has 0 aromatic carbocycles. The lowest BCUT2D eigenvalue weighted by Crippen LogP contribution is -1.91. The van der Waals surface area contributed by atoms with Gasteiger partial charge in [-0.25, -0.2) is 15.0 Å². The second-order valence-electron chi connectivity index (χ2n) is 2.68. The summed E-state index contributed by atoms with van der Waals surface area (Å²) < 4.78 is 0. The highest BCUT2D eigenvalue weighted by atomic mass is 35.5. The van der Waals surface area contributed by atoms with Gasteiger partial charge in [-0.05, 0) is 23.9 Å². The van der Waals surface area contributed by atoms with Gasteiger partial charge in [0.2, 0.25) is 0 Å². The van der Waals surface area contributed by atoms with Gasteiger partial charge in [-0.15, -0.1) is 0 Å². The average Bonchev–Trinajstić information content (AvgIpc) is 2.24. The van der Waals surface area contributed by atoms with E-state index >= 15 is 0 Å². The Morgan fingerprint density at radius 3 is 2.87 bits per heavy atom. The van der Waals surface area contributed by atoms with Crippen LogP contribution in [0.1, 0.15) is 0 Å². The van der Waals surface area contributed by atoms with Gasteiger partial charge in [0.05, 0.1) is 16.9 Å². The van der Waals surface area contributed by atoms with Crippen LogP contribution in [0.4, 0.5) is 5.69 Å². The maximum absolute atomic E-state index is 5.91. The molecule has 0 amide bonds. The molecule has 2 N–H and O–H groups in total. The molecule has 0 spiro atoms. The quantitative estimate of drug-likeness (QED) is 0.813. The first-order valence-corrected chi connectivity index (χ1v) is 5.30. The highest BCUT2D eigenvalue weighted by molar-refractivity contribution is 7.99. The Balaban J connectivity index is 2.30. The van der Waals surface area contributed by atoms with Gasteiger partial charge in [0.25, 0.3) is 0 Å². The largest absolute Gasteiger partial charge is 0.397 e. The molecule has 2 rings (SSSR count). The molecule has 0 unspecified atom stereocenters. The molecular weight excluding hydrogens is 232 g/mol. The molecule has 76 valence electrons. The first-order chi connectivity index (χ1) is 7.27. The van der Waals surface area contributed by atoms with E-state index in [-0.39, 0.29) is 0 Å². The summed E-state index contributed by atoms with van der Waals surface area (Å²) >= 11 is 7.23. The second kappa shape index (κ2) is 4.46. The predicted octanol–water partition coefficient (Wildman–Crippen LogP) is 2.26. The van der Waals surface area contributed by atoms with E-state index in [9.17, 15) is 0 Å². The van der Waals surface area contributed by atoms with Crippen LogP contribution < -0.4 is 5.73 Å². The molecule has 6 heteroatoms. The minimum Gasteiger partial charge on any atom is -0.397 e. The Hall–Kier alpha value is -1.33. The van der Waals surface area contributed by atoms with Crippen molar-refractivity contribution in [1.29, 1.82) is 0 Å². The molecule has 0 bridgehead atoms. The van der Waals surface area contributed by atoms with Gasteiger partial charge in [0.15, 0.2) is 0 Å². The first kappa shape index (κ1) is 10.2. The van der Waals surface area contributed by atoms with Crippen LogP contribution in [0.25, 0.3) is 0 Å². The summed E-state index contributed by atoms with van der Waals surface area (Å²) in [5.74, 6) is 0. The highest BCUT2D eigenvalue weighted by Crippen LogP contribution is 2.32. The van der Waals surface area contributed by atoms with Crippen molar-refractivity contribution in [2.75, 3.05) is 5.73 Å².